The number of nitrogens with zero attached hydrogens (tertiary/aromatic N) is 2. The summed E-state index contributed by atoms with van der Waals surface area (Å²) in [5.41, 5.74) is 2.39. The van der Waals surface area contributed by atoms with Crippen LogP contribution in [-0.4, -0.2) is 30.7 Å². The van der Waals surface area contributed by atoms with Crippen LogP contribution in [0.2, 0.25) is 0 Å². The molecule has 0 aromatic carbocycles. The third-order valence-electron chi connectivity index (χ3n) is 3.63. The number of piperidine rings is 1. The maximum absolute atomic E-state index is 4.36. The Hall–Kier alpha value is -1.09. The SMILES string of the molecule is Cc1ccc(N2CC3CNCCC32)cn1. The summed E-state index contributed by atoms with van der Waals surface area (Å²) in [6.45, 7) is 5.59. The fourth-order valence-corrected chi connectivity index (χ4v) is 2.68. The van der Waals surface area contributed by atoms with Gasteiger partial charge in [-0.2, -0.15) is 0 Å². The largest absolute Gasteiger partial charge is 0.366 e. The molecule has 1 N–H and O–H groups in total. The molecular formula is C12H17N3. The van der Waals surface area contributed by atoms with Crippen molar-refractivity contribution in [1.29, 1.82) is 0 Å². The standard InChI is InChI=1S/C12H17N3/c1-9-2-3-11(7-14-9)15-8-10-6-13-5-4-12(10)15/h2-3,7,10,12-13H,4-6,8H2,1H3. The van der Waals surface area contributed by atoms with Crippen LogP contribution in [-0.2, 0) is 0 Å². The van der Waals surface area contributed by atoms with E-state index in [4.69, 9.17) is 0 Å². The van der Waals surface area contributed by atoms with E-state index in [1.807, 2.05) is 13.1 Å². The van der Waals surface area contributed by atoms with E-state index in [9.17, 15) is 0 Å². The summed E-state index contributed by atoms with van der Waals surface area (Å²) in [6.07, 6.45) is 3.28. The van der Waals surface area contributed by atoms with Crippen molar-refractivity contribution in [3.05, 3.63) is 24.0 Å². The topological polar surface area (TPSA) is 28.2 Å². The van der Waals surface area contributed by atoms with E-state index >= 15 is 0 Å². The number of nitrogens with one attached hydrogen (secondary N) is 1. The average Bonchev–Trinajstić information content (AvgIpc) is 2.23. The van der Waals surface area contributed by atoms with Crippen molar-refractivity contribution in [2.24, 2.45) is 5.92 Å². The number of hydrogen-bond acceptors (Lipinski definition) is 3. The highest BCUT2D eigenvalue weighted by atomic mass is 15.3. The number of aryl methyl sites for hydroxylation is 1. The van der Waals surface area contributed by atoms with Gasteiger partial charge < -0.3 is 10.2 Å². The molecule has 1 aromatic heterocycles. The van der Waals surface area contributed by atoms with Crippen molar-refractivity contribution < 1.29 is 0 Å². The minimum Gasteiger partial charge on any atom is -0.366 e. The maximum atomic E-state index is 4.36. The van der Waals surface area contributed by atoms with Crippen molar-refractivity contribution in [3.8, 4) is 0 Å². The molecule has 3 nitrogen and oxygen atoms in total. The number of hydrogen-bond donors (Lipinski definition) is 1. The Balaban J connectivity index is 1.76. The zero-order valence-corrected chi connectivity index (χ0v) is 9.11. The van der Waals surface area contributed by atoms with Gasteiger partial charge in [-0.1, -0.05) is 0 Å². The zero-order chi connectivity index (χ0) is 10.3. The Morgan fingerprint density at radius 1 is 1.47 bits per heavy atom. The summed E-state index contributed by atoms with van der Waals surface area (Å²) in [5, 5.41) is 3.46. The molecule has 2 atom stereocenters. The minimum absolute atomic E-state index is 0.760. The first-order chi connectivity index (χ1) is 7.34. The highest BCUT2D eigenvalue weighted by molar-refractivity contribution is 5.49. The van der Waals surface area contributed by atoms with E-state index in [1.54, 1.807) is 0 Å². The number of anilines is 1. The first-order valence-electron chi connectivity index (χ1n) is 5.74. The van der Waals surface area contributed by atoms with Crippen LogP contribution in [0.15, 0.2) is 18.3 Å². The monoisotopic (exact) mass is 203 g/mol. The van der Waals surface area contributed by atoms with E-state index in [1.165, 1.54) is 25.2 Å². The molecule has 0 saturated carbocycles. The van der Waals surface area contributed by atoms with Crippen LogP contribution in [0.5, 0.6) is 0 Å². The Bertz CT molecular complexity index is 346. The second-order valence-electron chi connectivity index (χ2n) is 4.63. The van der Waals surface area contributed by atoms with Crippen LogP contribution in [0.25, 0.3) is 0 Å². The molecule has 2 unspecified atom stereocenters. The molecule has 2 fully saturated rings. The molecule has 0 amide bonds. The Kier molecular flexibility index (Phi) is 2.13. The van der Waals surface area contributed by atoms with Gasteiger partial charge in [0.2, 0.25) is 0 Å². The molecule has 0 bridgehead atoms. The van der Waals surface area contributed by atoms with Gasteiger partial charge in [0, 0.05) is 30.7 Å². The molecule has 2 aliphatic rings. The van der Waals surface area contributed by atoms with Gasteiger partial charge in [-0.15, -0.1) is 0 Å². The second kappa shape index (κ2) is 3.49. The molecule has 2 saturated heterocycles. The van der Waals surface area contributed by atoms with Gasteiger partial charge in [-0.25, -0.2) is 0 Å². The molecular weight excluding hydrogens is 186 g/mol. The van der Waals surface area contributed by atoms with Crippen LogP contribution in [0.3, 0.4) is 0 Å². The lowest BCUT2D eigenvalue weighted by Gasteiger charge is -2.52. The van der Waals surface area contributed by atoms with Crippen LogP contribution >= 0.6 is 0 Å². The zero-order valence-electron chi connectivity index (χ0n) is 9.11. The summed E-state index contributed by atoms with van der Waals surface area (Å²) in [5.74, 6) is 0.861. The van der Waals surface area contributed by atoms with Crippen molar-refractivity contribution in [3.63, 3.8) is 0 Å². The van der Waals surface area contributed by atoms with Crippen LogP contribution in [0.1, 0.15) is 12.1 Å². The predicted molar refractivity (Wildman–Crippen MR) is 61.1 cm³/mol. The van der Waals surface area contributed by atoms with Crippen molar-refractivity contribution in [2.75, 3.05) is 24.5 Å². The van der Waals surface area contributed by atoms with Gasteiger partial charge in [-0.3, -0.25) is 4.98 Å². The Morgan fingerprint density at radius 3 is 3.13 bits per heavy atom. The molecule has 2 aliphatic heterocycles. The third-order valence-corrected chi connectivity index (χ3v) is 3.63. The first-order valence-corrected chi connectivity index (χ1v) is 5.74. The number of pyridine rings is 1. The Morgan fingerprint density at radius 2 is 2.40 bits per heavy atom. The minimum atomic E-state index is 0.760. The third kappa shape index (κ3) is 1.51. The van der Waals surface area contributed by atoms with Crippen molar-refractivity contribution in [2.45, 2.75) is 19.4 Å². The fourth-order valence-electron chi connectivity index (χ4n) is 2.68. The predicted octanol–water partition coefficient (Wildman–Crippen LogP) is 1.19. The van der Waals surface area contributed by atoms with Gasteiger partial charge in [0.25, 0.3) is 0 Å². The molecule has 0 spiro atoms. The fraction of sp³-hybridized carbons (Fsp3) is 0.583. The van der Waals surface area contributed by atoms with Gasteiger partial charge in [0.05, 0.1) is 11.9 Å². The van der Waals surface area contributed by atoms with Crippen LogP contribution in [0.4, 0.5) is 5.69 Å². The van der Waals surface area contributed by atoms with Crippen molar-refractivity contribution >= 4 is 5.69 Å². The Labute approximate surface area is 90.5 Å². The summed E-state index contributed by atoms with van der Waals surface area (Å²) < 4.78 is 0. The lowest BCUT2D eigenvalue weighted by Crippen LogP contribution is -2.63. The molecule has 3 heterocycles. The van der Waals surface area contributed by atoms with E-state index in [2.05, 4.69) is 27.3 Å². The van der Waals surface area contributed by atoms with Crippen LogP contribution < -0.4 is 10.2 Å². The molecule has 1 aromatic rings. The van der Waals surface area contributed by atoms with Gasteiger partial charge in [0.15, 0.2) is 0 Å². The lowest BCUT2D eigenvalue weighted by atomic mass is 9.83. The summed E-state index contributed by atoms with van der Waals surface area (Å²) in [6, 6.07) is 5.06. The summed E-state index contributed by atoms with van der Waals surface area (Å²) in [7, 11) is 0. The number of rotatable bonds is 1. The summed E-state index contributed by atoms with van der Waals surface area (Å²) in [4.78, 5) is 6.86. The first kappa shape index (κ1) is 9.16. The molecule has 3 heteroatoms. The average molecular weight is 203 g/mol. The lowest BCUT2D eigenvalue weighted by molar-refractivity contribution is 0.230. The van der Waals surface area contributed by atoms with E-state index in [0.29, 0.717) is 0 Å². The van der Waals surface area contributed by atoms with Crippen LogP contribution in [0, 0.1) is 12.8 Å². The maximum Gasteiger partial charge on any atom is 0.0555 e. The number of aromatic nitrogens is 1. The normalized spacial score (nSPS) is 29.5. The van der Waals surface area contributed by atoms with E-state index in [0.717, 1.165) is 24.2 Å². The van der Waals surface area contributed by atoms with Gasteiger partial charge >= 0.3 is 0 Å². The molecule has 0 radical (unpaired) electrons. The quantitative estimate of drug-likeness (QED) is 0.743. The van der Waals surface area contributed by atoms with E-state index < -0.39 is 0 Å². The second-order valence-corrected chi connectivity index (χ2v) is 4.63. The molecule has 15 heavy (non-hydrogen) atoms. The summed E-state index contributed by atoms with van der Waals surface area (Å²) >= 11 is 0. The smallest absolute Gasteiger partial charge is 0.0555 e. The highest BCUT2D eigenvalue weighted by Crippen LogP contribution is 2.33. The van der Waals surface area contributed by atoms with Gasteiger partial charge in [0.1, 0.15) is 0 Å². The molecule has 3 rings (SSSR count). The van der Waals surface area contributed by atoms with Gasteiger partial charge in [-0.05, 0) is 32.0 Å². The molecule has 80 valence electrons. The number of fused-ring (bicyclic) bond motifs is 1. The highest BCUT2D eigenvalue weighted by Gasteiger charge is 2.40. The van der Waals surface area contributed by atoms with Crippen molar-refractivity contribution in [1.82, 2.24) is 10.3 Å². The molecule has 0 aliphatic carbocycles. The van der Waals surface area contributed by atoms with E-state index in [-0.39, 0.29) is 0 Å².